The number of rotatable bonds is 0. The standard InChI is InChI=1S/C62H56B2N4/c1-57(2,3)33-15-17-35-29(19-33)21-37-43-51(63)56-44(52(64)55(43)67-39-23-31(25-65)47-49(45(39)41(35)53(37)67)61(11,12)27-59(47,7)8)38-22-30-20-34(58(4,5)6)16-18-36(30)42-46-40(68(56)54(38)42)24-32(26-66)48-50(46)62(13,14)28-60(48,9)10/h15-24H,27-28H2,1-14H3. The van der Waals surface area contributed by atoms with E-state index in [9.17, 15) is 10.5 Å². The maximum absolute atomic E-state index is 11.0. The molecule has 0 saturated carbocycles. The molecule has 0 amide bonds. The van der Waals surface area contributed by atoms with Crippen LogP contribution in [0.1, 0.15) is 154 Å². The average Bonchev–Trinajstić information content (AvgIpc) is 4.03. The lowest BCUT2D eigenvalue weighted by Gasteiger charge is -2.23. The van der Waals surface area contributed by atoms with Crippen LogP contribution in [-0.4, -0.2) is 24.5 Å². The normalized spacial score (nSPS) is 17.7. The first kappa shape index (κ1) is 41.9. The summed E-state index contributed by atoms with van der Waals surface area (Å²) in [6.45, 7) is 32.3. The van der Waals surface area contributed by atoms with Gasteiger partial charge in [0, 0.05) is 54.1 Å². The van der Waals surface area contributed by atoms with E-state index in [-0.39, 0.29) is 32.5 Å². The fraction of sp³-hybridized carbons (Fsp3) is 0.355. The van der Waals surface area contributed by atoms with Crippen LogP contribution in [-0.2, 0) is 32.5 Å². The van der Waals surface area contributed by atoms with Crippen molar-refractivity contribution in [1.29, 1.82) is 10.5 Å². The molecule has 0 saturated heterocycles. The third-order valence-electron chi connectivity index (χ3n) is 17.2. The lowest BCUT2D eigenvalue weighted by atomic mass is 9.79. The molecule has 7 aromatic carbocycles. The third kappa shape index (κ3) is 4.78. The smallest absolute Gasteiger partial charge is 0.117 e. The average molecular weight is 879 g/mol. The van der Waals surface area contributed by atoms with Gasteiger partial charge in [-0.1, -0.05) is 144 Å². The molecule has 2 aliphatic rings. The Morgan fingerprint density at radius 2 is 0.794 bits per heavy atom. The van der Waals surface area contributed by atoms with Crippen LogP contribution in [0, 0.1) is 22.7 Å². The summed E-state index contributed by atoms with van der Waals surface area (Å²) in [5.74, 6) is 0. The summed E-state index contributed by atoms with van der Waals surface area (Å²) in [7, 11) is 15.9. The molecule has 0 bridgehead atoms. The Morgan fingerprint density at radius 1 is 0.441 bits per heavy atom. The Bertz CT molecular complexity index is 4030. The van der Waals surface area contributed by atoms with Crippen LogP contribution in [0.3, 0.4) is 0 Å². The number of aromatic nitrogens is 2. The summed E-state index contributed by atoms with van der Waals surface area (Å²) in [5.41, 5.74) is 15.3. The largest absolute Gasteiger partial charge is 0.309 e. The molecule has 4 aromatic heterocycles. The van der Waals surface area contributed by atoms with Crippen LogP contribution in [0.15, 0.2) is 60.7 Å². The van der Waals surface area contributed by atoms with Crippen molar-refractivity contribution in [2.75, 3.05) is 0 Å². The predicted octanol–water partition coefficient (Wildman–Crippen LogP) is 14.1. The van der Waals surface area contributed by atoms with E-state index in [1.807, 2.05) is 0 Å². The molecule has 2 aliphatic carbocycles. The van der Waals surface area contributed by atoms with E-state index in [0.717, 1.165) is 101 Å². The van der Waals surface area contributed by atoms with Gasteiger partial charge in [-0.15, -0.1) is 0 Å². The van der Waals surface area contributed by atoms with Crippen LogP contribution in [0.4, 0.5) is 0 Å². The second kappa shape index (κ2) is 12.1. The fourth-order valence-electron chi connectivity index (χ4n) is 15.2. The number of nitriles is 2. The number of benzene rings is 7. The molecule has 68 heavy (non-hydrogen) atoms. The van der Waals surface area contributed by atoms with E-state index in [2.05, 4.69) is 179 Å². The zero-order valence-electron chi connectivity index (χ0n) is 42.1. The molecule has 0 fully saturated rings. The molecular weight excluding hydrogens is 822 g/mol. The molecule has 0 unspecified atom stereocenters. The van der Waals surface area contributed by atoms with Crippen molar-refractivity contribution in [1.82, 2.24) is 8.80 Å². The van der Waals surface area contributed by atoms with Gasteiger partial charge in [0.1, 0.15) is 15.7 Å². The summed E-state index contributed by atoms with van der Waals surface area (Å²) in [6, 6.07) is 28.4. The second-order valence-electron chi connectivity index (χ2n) is 25.9. The third-order valence-corrected chi connectivity index (χ3v) is 17.2. The van der Waals surface area contributed by atoms with Crippen molar-refractivity contribution in [3.8, 4) is 12.1 Å². The Labute approximate surface area is 401 Å². The minimum atomic E-state index is -0.194. The van der Waals surface area contributed by atoms with Gasteiger partial charge in [-0.25, -0.2) is 0 Å². The summed E-state index contributed by atoms with van der Waals surface area (Å²) >= 11 is 0. The van der Waals surface area contributed by atoms with E-state index < -0.39 is 0 Å². The molecule has 4 radical (unpaired) electrons. The highest BCUT2D eigenvalue weighted by Gasteiger charge is 2.48. The monoisotopic (exact) mass is 878 g/mol. The molecule has 0 aliphatic heterocycles. The Morgan fingerprint density at radius 3 is 1.13 bits per heavy atom. The highest BCUT2D eigenvalue weighted by molar-refractivity contribution is 6.59. The van der Waals surface area contributed by atoms with Crippen molar-refractivity contribution in [3.63, 3.8) is 0 Å². The van der Waals surface area contributed by atoms with Gasteiger partial charge < -0.3 is 8.80 Å². The Hall–Kier alpha value is -6.23. The van der Waals surface area contributed by atoms with Gasteiger partial charge in [0.15, 0.2) is 0 Å². The van der Waals surface area contributed by atoms with Crippen molar-refractivity contribution in [3.05, 3.63) is 105 Å². The molecule has 0 atom stereocenters. The first-order valence-electron chi connectivity index (χ1n) is 24.6. The van der Waals surface area contributed by atoms with Gasteiger partial charge in [-0.2, -0.15) is 10.5 Å². The van der Waals surface area contributed by atoms with E-state index in [0.29, 0.717) is 10.9 Å². The van der Waals surface area contributed by atoms with Crippen LogP contribution in [0.25, 0.3) is 97.7 Å². The second-order valence-corrected chi connectivity index (χ2v) is 25.9. The minimum absolute atomic E-state index is 0.0648. The van der Waals surface area contributed by atoms with E-state index in [1.165, 1.54) is 54.6 Å². The summed E-state index contributed by atoms with van der Waals surface area (Å²) in [6.07, 6.45) is 1.88. The van der Waals surface area contributed by atoms with Gasteiger partial charge >= 0.3 is 0 Å². The van der Waals surface area contributed by atoms with Crippen molar-refractivity contribution in [2.24, 2.45) is 0 Å². The van der Waals surface area contributed by atoms with Gasteiger partial charge in [0.25, 0.3) is 0 Å². The molecule has 330 valence electrons. The predicted molar refractivity (Wildman–Crippen MR) is 290 cm³/mol. The molecule has 4 heterocycles. The van der Waals surface area contributed by atoms with Crippen LogP contribution in [0.2, 0.25) is 0 Å². The van der Waals surface area contributed by atoms with Gasteiger partial charge in [0.05, 0.1) is 45.3 Å². The van der Waals surface area contributed by atoms with Crippen LogP contribution >= 0.6 is 0 Å². The maximum atomic E-state index is 11.0. The van der Waals surface area contributed by atoms with Crippen LogP contribution < -0.4 is 10.9 Å². The molecule has 0 N–H and O–H groups in total. The summed E-state index contributed by atoms with van der Waals surface area (Å²) in [4.78, 5) is 0. The molecule has 13 rings (SSSR count). The lowest BCUT2D eigenvalue weighted by molar-refractivity contribution is 0.403. The molecule has 6 heteroatoms. The zero-order valence-corrected chi connectivity index (χ0v) is 42.1. The molecular formula is C62H56B2N4. The summed E-state index contributed by atoms with van der Waals surface area (Å²) < 4.78 is 4.77. The van der Waals surface area contributed by atoms with E-state index >= 15 is 0 Å². The SMILES string of the molecule is [B]c1c2c3cc4cc(C(C)(C)C)ccc4c4c5c6c(c(C#N)cc5n(c2c([B])c2c5cc7cc(C(C)(C)C)ccc7c7c8c9c(c(C#N)cc8n(c12)c57)C(C)(C)CC9(C)C)c34)C(C)(C)CC6(C)C. The first-order chi connectivity index (χ1) is 31.7. The van der Waals surface area contributed by atoms with Gasteiger partial charge in [0.2, 0.25) is 0 Å². The topological polar surface area (TPSA) is 56.4 Å². The zero-order chi connectivity index (χ0) is 48.2. The van der Waals surface area contributed by atoms with E-state index in [4.69, 9.17) is 15.7 Å². The number of fused-ring (bicyclic) bond motifs is 20. The molecule has 0 spiro atoms. The number of hydrogen-bond donors (Lipinski definition) is 0. The lowest BCUT2D eigenvalue weighted by Crippen LogP contribution is -2.18. The Kier molecular flexibility index (Phi) is 7.48. The van der Waals surface area contributed by atoms with Gasteiger partial charge in [-0.3, -0.25) is 0 Å². The number of nitrogens with zero attached hydrogens (tertiary/aromatic N) is 4. The molecule has 4 nitrogen and oxygen atoms in total. The van der Waals surface area contributed by atoms with Crippen molar-refractivity contribution in [2.45, 2.75) is 142 Å². The van der Waals surface area contributed by atoms with Crippen LogP contribution in [0.5, 0.6) is 0 Å². The quantitative estimate of drug-likeness (QED) is 0.143. The summed E-state index contributed by atoms with van der Waals surface area (Å²) in [5, 5.41) is 35.6. The molecule has 11 aromatic rings. The van der Waals surface area contributed by atoms with E-state index in [1.54, 1.807) is 0 Å². The minimum Gasteiger partial charge on any atom is -0.309 e. The highest BCUT2D eigenvalue weighted by Crippen LogP contribution is 2.59. The Balaban J connectivity index is 1.34. The van der Waals surface area contributed by atoms with Crippen molar-refractivity contribution < 1.29 is 0 Å². The van der Waals surface area contributed by atoms with Crippen molar-refractivity contribution >= 4 is 124 Å². The fourth-order valence-corrected chi connectivity index (χ4v) is 15.2. The highest BCUT2D eigenvalue weighted by atomic mass is 14.9. The number of hydrogen-bond acceptors (Lipinski definition) is 2. The maximum Gasteiger partial charge on any atom is 0.117 e. The first-order valence-corrected chi connectivity index (χ1v) is 24.6. The van der Waals surface area contributed by atoms with Gasteiger partial charge in [-0.05, 0) is 125 Å².